The van der Waals surface area contributed by atoms with Gasteiger partial charge in [-0.2, -0.15) is 13.2 Å². The molecule has 0 radical (unpaired) electrons. The molecule has 2 rings (SSSR count). The van der Waals surface area contributed by atoms with Gasteiger partial charge in [0.1, 0.15) is 0 Å². The van der Waals surface area contributed by atoms with Crippen molar-refractivity contribution in [3.8, 4) is 11.5 Å². The van der Waals surface area contributed by atoms with Crippen LogP contribution in [-0.4, -0.2) is 10.2 Å². The molecule has 0 aliphatic rings. The Morgan fingerprint density at radius 1 is 1.12 bits per heavy atom. The number of aryl methyl sites for hydroxylation is 2. The number of alkyl halides is 3. The fourth-order valence-electron chi connectivity index (χ4n) is 1.41. The lowest BCUT2D eigenvalue weighted by atomic mass is 10.1. The van der Waals surface area contributed by atoms with Gasteiger partial charge >= 0.3 is 12.1 Å². The first-order chi connectivity index (χ1) is 7.88. The maximum Gasteiger partial charge on any atom is 0.470 e. The van der Waals surface area contributed by atoms with Gasteiger partial charge in [0.25, 0.3) is 0 Å². The third kappa shape index (κ3) is 2.30. The normalized spacial score (nSPS) is 11.8. The van der Waals surface area contributed by atoms with E-state index < -0.39 is 12.1 Å². The van der Waals surface area contributed by atoms with Crippen LogP contribution in [0.2, 0.25) is 0 Å². The van der Waals surface area contributed by atoms with Crippen molar-refractivity contribution < 1.29 is 17.6 Å². The summed E-state index contributed by atoms with van der Waals surface area (Å²) in [6, 6.07) is 5.37. The molecule has 1 aromatic carbocycles. The maximum absolute atomic E-state index is 12.3. The first-order valence-corrected chi connectivity index (χ1v) is 4.86. The van der Waals surface area contributed by atoms with E-state index in [9.17, 15) is 13.2 Å². The van der Waals surface area contributed by atoms with Crippen molar-refractivity contribution in [2.75, 3.05) is 0 Å². The Kier molecular flexibility index (Phi) is 2.65. The van der Waals surface area contributed by atoms with Crippen molar-refractivity contribution in [3.05, 3.63) is 35.2 Å². The van der Waals surface area contributed by atoms with Crippen LogP contribution in [0, 0.1) is 13.8 Å². The van der Waals surface area contributed by atoms with Crippen LogP contribution in [0.1, 0.15) is 17.0 Å². The summed E-state index contributed by atoms with van der Waals surface area (Å²) >= 11 is 0. The molecule has 1 heterocycles. The summed E-state index contributed by atoms with van der Waals surface area (Å²) in [6.07, 6.45) is -4.61. The third-order valence-corrected chi connectivity index (χ3v) is 2.29. The molecule has 0 bridgehead atoms. The van der Waals surface area contributed by atoms with Gasteiger partial charge in [-0.05, 0) is 25.5 Å². The molecule has 1 aromatic heterocycles. The number of hydrogen-bond donors (Lipinski definition) is 0. The lowest BCUT2D eigenvalue weighted by Crippen LogP contribution is -2.04. The number of aromatic nitrogens is 2. The maximum atomic E-state index is 12.3. The minimum Gasteiger partial charge on any atom is -0.413 e. The summed E-state index contributed by atoms with van der Waals surface area (Å²) in [5.74, 6) is -1.44. The highest BCUT2D eigenvalue weighted by Crippen LogP contribution is 2.31. The van der Waals surface area contributed by atoms with Crippen molar-refractivity contribution in [3.63, 3.8) is 0 Å². The van der Waals surface area contributed by atoms with Gasteiger partial charge in [-0.25, -0.2) is 0 Å². The molecule has 6 heteroatoms. The molecule has 0 aliphatic carbocycles. The quantitative estimate of drug-likeness (QED) is 0.769. The van der Waals surface area contributed by atoms with Crippen molar-refractivity contribution in [1.29, 1.82) is 0 Å². The first kappa shape index (κ1) is 11.6. The zero-order chi connectivity index (χ0) is 12.6. The molecule has 0 aliphatic heterocycles. The minimum atomic E-state index is -4.61. The second kappa shape index (κ2) is 3.87. The summed E-state index contributed by atoms with van der Waals surface area (Å²) in [7, 11) is 0. The van der Waals surface area contributed by atoms with E-state index in [1.807, 2.05) is 13.0 Å². The van der Waals surface area contributed by atoms with Crippen LogP contribution >= 0.6 is 0 Å². The van der Waals surface area contributed by atoms with Crippen molar-refractivity contribution in [2.45, 2.75) is 20.0 Å². The monoisotopic (exact) mass is 242 g/mol. The van der Waals surface area contributed by atoms with E-state index in [2.05, 4.69) is 14.6 Å². The fourth-order valence-corrected chi connectivity index (χ4v) is 1.41. The molecule has 3 nitrogen and oxygen atoms in total. The number of benzene rings is 1. The van der Waals surface area contributed by atoms with Crippen molar-refractivity contribution in [1.82, 2.24) is 10.2 Å². The molecule has 2 aromatic rings. The van der Waals surface area contributed by atoms with Crippen LogP contribution in [0.25, 0.3) is 11.5 Å². The molecule has 0 spiro atoms. The summed E-state index contributed by atoms with van der Waals surface area (Å²) < 4.78 is 41.5. The lowest BCUT2D eigenvalue weighted by molar-refractivity contribution is -0.156. The van der Waals surface area contributed by atoms with Crippen LogP contribution < -0.4 is 0 Å². The van der Waals surface area contributed by atoms with E-state index in [4.69, 9.17) is 0 Å². The van der Waals surface area contributed by atoms with E-state index in [1.54, 1.807) is 19.1 Å². The Bertz CT molecular complexity index is 546. The summed E-state index contributed by atoms with van der Waals surface area (Å²) in [5, 5.41) is 6.41. The van der Waals surface area contributed by atoms with Gasteiger partial charge in [0, 0.05) is 5.56 Å². The predicted molar refractivity (Wildman–Crippen MR) is 54.2 cm³/mol. The van der Waals surface area contributed by atoms with E-state index in [0.717, 1.165) is 11.1 Å². The smallest absolute Gasteiger partial charge is 0.413 e. The second-order valence-corrected chi connectivity index (χ2v) is 3.73. The first-order valence-electron chi connectivity index (χ1n) is 4.86. The summed E-state index contributed by atoms with van der Waals surface area (Å²) in [4.78, 5) is 0. The van der Waals surface area contributed by atoms with Crippen LogP contribution in [0.5, 0.6) is 0 Å². The van der Waals surface area contributed by atoms with E-state index in [1.165, 1.54) is 0 Å². The Balaban J connectivity index is 2.47. The predicted octanol–water partition coefficient (Wildman–Crippen LogP) is 3.37. The number of halogens is 3. The molecule has 90 valence electrons. The Morgan fingerprint density at radius 2 is 1.82 bits per heavy atom. The average molecular weight is 242 g/mol. The van der Waals surface area contributed by atoms with Crippen LogP contribution in [0.4, 0.5) is 13.2 Å². The largest absolute Gasteiger partial charge is 0.470 e. The van der Waals surface area contributed by atoms with Crippen molar-refractivity contribution in [2.24, 2.45) is 0 Å². The number of rotatable bonds is 1. The SMILES string of the molecule is Cc1ccc(C)c(-c2nnc(C(F)(F)F)o2)c1. The minimum absolute atomic E-state index is 0.112. The Hall–Kier alpha value is -1.85. The van der Waals surface area contributed by atoms with E-state index in [-0.39, 0.29) is 5.89 Å². The number of hydrogen-bond acceptors (Lipinski definition) is 3. The van der Waals surface area contributed by atoms with Crippen LogP contribution in [-0.2, 0) is 6.18 Å². The topological polar surface area (TPSA) is 38.9 Å². The Morgan fingerprint density at radius 3 is 2.41 bits per heavy atom. The van der Waals surface area contributed by atoms with Crippen molar-refractivity contribution >= 4 is 0 Å². The number of nitrogens with zero attached hydrogens (tertiary/aromatic N) is 2. The molecule has 0 amide bonds. The molecule has 0 unspecified atom stereocenters. The van der Waals surface area contributed by atoms with Crippen LogP contribution in [0.3, 0.4) is 0 Å². The van der Waals surface area contributed by atoms with Gasteiger partial charge in [0.15, 0.2) is 0 Å². The Labute approximate surface area is 95.3 Å². The molecule has 0 saturated carbocycles. The van der Waals surface area contributed by atoms with Gasteiger partial charge in [-0.1, -0.05) is 17.7 Å². The average Bonchev–Trinajstić information content (AvgIpc) is 2.70. The molecular weight excluding hydrogens is 233 g/mol. The summed E-state index contributed by atoms with van der Waals surface area (Å²) in [5.41, 5.74) is 2.22. The second-order valence-electron chi connectivity index (χ2n) is 3.73. The van der Waals surface area contributed by atoms with Gasteiger partial charge < -0.3 is 4.42 Å². The van der Waals surface area contributed by atoms with Gasteiger partial charge in [0.2, 0.25) is 5.89 Å². The standard InChI is InChI=1S/C11H9F3N2O/c1-6-3-4-7(2)8(5-6)9-15-16-10(17-9)11(12,13)14/h3-5H,1-2H3. The third-order valence-electron chi connectivity index (χ3n) is 2.29. The van der Waals surface area contributed by atoms with E-state index >= 15 is 0 Å². The highest BCUT2D eigenvalue weighted by atomic mass is 19.4. The molecule has 0 atom stereocenters. The molecule has 0 fully saturated rings. The summed E-state index contributed by atoms with van der Waals surface area (Å²) in [6.45, 7) is 3.61. The van der Waals surface area contributed by atoms with Gasteiger partial charge in [-0.3, -0.25) is 0 Å². The zero-order valence-corrected chi connectivity index (χ0v) is 9.17. The molecule has 0 saturated heterocycles. The lowest BCUT2D eigenvalue weighted by Gasteiger charge is -2.02. The highest BCUT2D eigenvalue weighted by Gasteiger charge is 2.38. The zero-order valence-electron chi connectivity index (χ0n) is 9.17. The highest BCUT2D eigenvalue weighted by molar-refractivity contribution is 5.59. The van der Waals surface area contributed by atoms with E-state index in [0.29, 0.717) is 5.56 Å². The molecule has 0 N–H and O–H groups in total. The molecular formula is C11H9F3N2O. The van der Waals surface area contributed by atoms with Crippen LogP contribution in [0.15, 0.2) is 22.6 Å². The molecule has 17 heavy (non-hydrogen) atoms. The van der Waals surface area contributed by atoms with Gasteiger partial charge in [-0.15, -0.1) is 10.2 Å². The fraction of sp³-hybridized carbons (Fsp3) is 0.273. The van der Waals surface area contributed by atoms with Gasteiger partial charge in [0.05, 0.1) is 0 Å².